The Labute approximate surface area is 114 Å². The largest absolute Gasteiger partial charge is 0.489 e. The number of carbonyl (C=O) groups excluding carboxylic acids is 1. The molecule has 1 aromatic rings. The number of amides is 1. The topological polar surface area (TPSA) is 64.3 Å². The standard InChI is InChI=1S/C15H22N2O2/c1-10(2)19-14-7-3-11(9-13(14)16)4-8-15(18)17-12-5-6-12/h3,7,9-10,12H,4-6,8,16H2,1-2H3,(H,17,18). The van der Waals surface area contributed by atoms with E-state index in [0.717, 1.165) is 18.4 Å². The predicted octanol–water partition coefficient (Wildman–Crippen LogP) is 2.27. The van der Waals surface area contributed by atoms with Crippen LogP contribution in [0.4, 0.5) is 5.69 Å². The van der Waals surface area contributed by atoms with E-state index in [1.165, 1.54) is 0 Å². The minimum Gasteiger partial charge on any atom is -0.489 e. The normalized spacial score (nSPS) is 14.5. The van der Waals surface area contributed by atoms with Gasteiger partial charge in [-0.1, -0.05) is 6.07 Å². The van der Waals surface area contributed by atoms with Gasteiger partial charge < -0.3 is 15.8 Å². The van der Waals surface area contributed by atoms with Gasteiger partial charge in [-0.3, -0.25) is 4.79 Å². The summed E-state index contributed by atoms with van der Waals surface area (Å²) in [4.78, 5) is 11.6. The number of hydrogen-bond acceptors (Lipinski definition) is 3. The molecule has 0 atom stereocenters. The number of carbonyl (C=O) groups is 1. The van der Waals surface area contributed by atoms with E-state index in [1.54, 1.807) is 0 Å². The fourth-order valence-electron chi connectivity index (χ4n) is 1.90. The molecule has 2 rings (SSSR count). The zero-order valence-electron chi connectivity index (χ0n) is 11.6. The second-order valence-corrected chi connectivity index (χ2v) is 5.38. The van der Waals surface area contributed by atoms with Gasteiger partial charge in [-0.2, -0.15) is 0 Å². The number of nitrogens with one attached hydrogen (secondary N) is 1. The molecule has 1 aliphatic rings. The first-order valence-electron chi connectivity index (χ1n) is 6.89. The van der Waals surface area contributed by atoms with Crippen LogP contribution < -0.4 is 15.8 Å². The van der Waals surface area contributed by atoms with E-state index in [1.807, 2.05) is 32.0 Å². The second-order valence-electron chi connectivity index (χ2n) is 5.38. The maximum absolute atomic E-state index is 11.6. The van der Waals surface area contributed by atoms with Gasteiger partial charge in [0.25, 0.3) is 0 Å². The lowest BCUT2D eigenvalue weighted by molar-refractivity contribution is -0.121. The molecule has 19 heavy (non-hydrogen) atoms. The average Bonchev–Trinajstić information content (AvgIpc) is 3.13. The lowest BCUT2D eigenvalue weighted by Crippen LogP contribution is -2.25. The molecule has 0 aromatic heterocycles. The molecule has 1 aromatic carbocycles. The van der Waals surface area contributed by atoms with Crippen LogP contribution in [0.2, 0.25) is 0 Å². The minimum absolute atomic E-state index is 0.109. The molecular weight excluding hydrogens is 240 g/mol. The van der Waals surface area contributed by atoms with Crippen LogP contribution in [-0.4, -0.2) is 18.1 Å². The van der Waals surface area contributed by atoms with Crippen LogP contribution in [0.15, 0.2) is 18.2 Å². The van der Waals surface area contributed by atoms with Crippen molar-refractivity contribution in [3.05, 3.63) is 23.8 Å². The molecule has 0 heterocycles. The van der Waals surface area contributed by atoms with Crippen molar-refractivity contribution in [2.45, 2.75) is 51.7 Å². The summed E-state index contributed by atoms with van der Waals surface area (Å²) in [5, 5.41) is 2.98. The molecule has 104 valence electrons. The van der Waals surface area contributed by atoms with Crippen LogP contribution in [0.5, 0.6) is 5.75 Å². The lowest BCUT2D eigenvalue weighted by atomic mass is 10.1. The molecular formula is C15H22N2O2. The van der Waals surface area contributed by atoms with Crippen molar-refractivity contribution in [1.29, 1.82) is 0 Å². The molecule has 0 saturated heterocycles. The number of ether oxygens (including phenoxy) is 1. The zero-order chi connectivity index (χ0) is 13.8. The Hall–Kier alpha value is -1.71. The van der Waals surface area contributed by atoms with Gasteiger partial charge in [-0.25, -0.2) is 0 Å². The fraction of sp³-hybridized carbons (Fsp3) is 0.533. The van der Waals surface area contributed by atoms with Crippen LogP contribution in [0.1, 0.15) is 38.7 Å². The molecule has 4 heteroatoms. The van der Waals surface area contributed by atoms with Crippen LogP contribution in [0.3, 0.4) is 0 Å². The third-order valence-electron chi connectivity index (χ3n) is 3.02. The van der Waals surface area contributed by atoms with Gasteiger partial charge in [0.15, 0.2) is 0 Å². The number of hydrogen-bond donors (Lipinski definition) is 2. The van der Waals surface area contributed by atoms with Gasteiger partial charge in [0.05, 0.1) is 11.8 Å². The lowest BCUT2D eigenvalue weighted by Gasteiger charge is -2.13. The molecule has 1 fully saturated rings. The van der Waals surface area contributed by atoms with E-state index in [0.29, 0.717) is 30.3 Å². The summed E-state index contributed by atoms with van der Waals surface area (Å²) in [5.74, 6) is 0.838. The first-order valence-corrected chi connectivity index (χ1v) is 6.89. The monoisotopic (exact) mass is 262 g/mol. The summed E-state index contributed by atoms with van der Waals surface area (Å²) in [6.45, 7) is 3.94. The molecule has 4 nitrogen and oxygen atoms in total. The first kappa shape index (κ1) is 13.7. The van der Waals surface area contributed by atoms with Crippen molar-refractivity contribution < 1.29 is 9.53 Å². The van der Waals surface area contributed by atoms with Gasteiger partial charge in [0.2, 0.25) is 5.91 Å². The van der Waals surface area contributed by atoms with E-state index < -0.39 is 0 Å². The highest BCUT2D eigenvalue weighted by atomic mass is 16.5. The zero-order valence-corrected chi connectivity index (χ0v) is 11.6. The number of nitrogen functional groups attached to an aromatic ring is 1. The van der Waals surface area contributed by atoms with Crippen molar-refractivity contribution in [2.24, 2.45) is 0 Å². The number of aryl methyl sites for hydroxylation is 1. The average molecular weight is 262 g/mol. The van der Waals surface area contributed by atoms with Crippen LogP contribution >= 0.6 is 0 Å². The maximum atomic E-state index is 11.6. The Balaban J connectivity index is 1.86. The molecule has 1 saturated carbocycles. The smallest absolute Gasteiger partial charge is 0.220 e. The van der Waals surface area contributed by atoms with E-state index in [-0.39, 0.29) is 12.0 Å². The number of rotatable bonds is 6. The number of anilines is 1. The number of benzene rings is 1. The molecule has 0 radical (unpaired) electrons. The van der Waals surface area contributed by atoms with Gasteiger partial charge in [-0.15, -0.1) is 0 Å². The van der Waals surface area contributed by atoms with E-state index >= 15 is 0 Å². The fourth-order valence-corrected chi connectivity index (χ4v) is 1.90. The van der Waals surface area contributed by atoms with Gasteiger partial charge in [0, 0.05) is 12.5 Å². The second kappa shape index (κ2) is 5.95. The summed E-state index contributed by atoms with van der Waals surface area (Å²) in [5.41, 5.74) is 7.64. The van der Waals surface area contributed by atoms with Crippen LogP contribution in [0.25, 0.3) is 0 Å². The van der Waals surface area contributed by atoms with Gasteiger partial charge in [-0.05, 0) is 50.8 Å². The SMILES string of the molecule is CC(C)Oc1ccc(CCC(=O)NC2CC2)cc1N. The van der Waals surface area contributed by atoms with Crippen molar-refractivity contribution in [3.8, 4) is 5.75 Å². The Kier molecular flexibility index (Phi) is 4.30. The molecule has 0 bridgehead atoms. The van der Waals surface area contributed by atoms with E-state index in [9.17, 15) is 4.79 Å². The highest BCUT2D eigenvalue weighted by molar-refractivity contribution is 5.76. The highest BCUT2D eigenvalue weighted by Gasteiger charge is 2.22. The van der Waals surface area contributed by atoms with Crippen molar-refractivity contribution >= 4 is 11.6 Å². The van der Waals surface area contributed by atoms with Crippen LogP contribution in [0, 0.1) is 0 Å². The molecule has 0 aliphatic heterocycles. The Bertz CT molecular complexity index is 453. The summed E-state index contributed by atoms with van der Waals surface area (Å²) < 4.78 is 5.58. The summed E-state index contributed by atoms with van der Waals surface area (Å²) in [7, 11) is 0. The third-order valence-corrected chi connectivity index (χ3v) is 3.02. The summed E-state index contributed by atoms with van der Waals surface area (Å²) in [6, 6.07) is 6.17. The highest BCUT2D eigenvalue weighted by Crippen LogP contribution is 2.24. The molecule has 1 amide bonds. The Morgan fingerprint density at radius 3 is 2.79 bits per heavy atom. The quantitative estimate of drug-likeness (QED) is 0.773. The molecule has 0 spiro atoms. The Morgan fingerprint density at radius 2 is 2.21 bits per heavy atom. The van der Waals surface area contributed by atoms with Crippen molar-refractivity contribution in [3.63, 3.8) is 0 Å². The first-order chi connectivity index (χ1) is 9.04. The van der Waals surface area contributed by atoms with Crippen molar-refractivity contribution in [1.82, 2.24) is 5.32 Å². The molecule has 0 unspecified atom stereocenters. The molecule has 1 aliphatic carbocycles. The summed E-state index contributed by atoms with van der Waals surface area (Å²) in [6.07, 6.45) is 3.59. The summed E-state index contributed by atoms with van der Waals surface area (Å²) >= 11 is 0. The third kappa shape index (κ3) is 4.47. The number of nitrogens with two attached hydrogens (primary N) is 1. The van der Waals surface area contributed by atoms with Crippen molar-refractivity contribution in [2.75, 3.05) is 5.73 Å². The van der Waals surface area contributed by atoms with Gasteiger partial charge >= 0.3 is 0 Å². The van der Waals surface area contributed by atoms with E-state index in [2.05, 4.69) is 5.32 Å². The van der Waals surface area contributed by atoms with E-state index in [4.69, 9.17) is 10.5 Å². The maximum Gasteiger partial charge on any atom is 0.220 e. The molecule has 3 N–H and O–H groups in total. The van der Waals surface area contributed by atoms with Gasteiger partial charge in [0.1, 0.15) is 5.75 Å². The Morgan fingerprint density at radius 1 is 1.47 bits per heavy atom. The van der Waals surface area contributed by atoms with Crippen LogP contribution in [-0.2, 0) is 11.2 Å². The minimum atomic E-state index is 0.109. The predicted molar refractivity (Wildman–Crippen MR) is 76.1 cm³/mol.